The number of aliphatic hydroxyl groups excluding tert-OH is 1. The van der Waals surface area contributed by atoms with E-state index in [9.17, 15) is 19.5 Å². The summed E-state index contributed by atoms with van der Waals surface area (Å²) in [7, 11) is 1.54. The third-order valence-corrected chi connectivity index (χ3v) is 7.91. The van der Waals surface area contributed by atoms with E-state index in [0.29, 0.717) is 34.1 Å². The molecule has 10 heteroatoms. The third-order valence-electron chi connectivity index (χ3n) is 6.77. The van der Waals surface area contributed by atoms with Gasteiger partial charge in [0.1, 0.15) is 34.5 Å². The van der Waals surface area contributed by atoms with Gasteiger partial charge in [-0.15, -0.1) is 0 Å². The molecule has 0 spiro atoms. The van der Waals surface area contributed by atoms with Crippen LogP contribution in [0.1, 0.15) is 38.1 Å². The quantitative estimate of drug-likeness (QED) is 0.0763. The number of para-hydroxylation sites is 1. The molecule has 1 aromatic heterocycles. The number of aryl methyl sites for hydroxylation is 2. The molecular formula is C33H28N2O7S. The van der Waals surface area contributed by atoms with E-state index in [0.717, 1.165) is 16.9 Å². The van der Waals surface area contributed by atoms with E-state index in [1.807, 2.05) is 18.2 Å². The zero-order chi connectivity index (χ0) is 30.7. The Balaban J connectivity index is 1.66. The van der Waals surface area contributed by atoms with Crippen molar-refractivity contribution in [3.8, 4) is 17.2 Å². The van der Waals surface area contributed by atoms with Gasteiger partial charge in [0.05, 0.1) is 24.4 Å². The summed E-state index contributed by atoms with van der Waals surface area (Å²) in [6, 6.07) is 19.9. The highest BCUT2D eigenvalue weighted by atomic mass is 32.1. The van der Waals surface area contributed by atoms with Crippen LogP contribution in [0.25, 0.3) is 5.76 Å². The van der Waals surface area contributed by atoms with Crippen molar-refractivity contribution in [2.45, 2.75) is 19.9 Å². The van der Waals surface area contributed by atoms with Crippen LogP contribution in [-0.4, -0.2) is 41.5 Å². The minimum atomic E-state index is -1.08. The molecule has 1 fully saturated rings. The molecule has 3 aromatic carbocycles. The van der Waals surface area contributed by atoms with Crippen molar-refractivity contribution < 1.29 is 33.7 Å². The maximum atomic E-state index is 13.7. The number of carbonyl (C=O) groups excluding carboxylic acids is 3. The summed E-state index contributed by atoms with van der Waals surface area (Å²) in [5, 5.41) is 11.7. The number of rotatable bonds is 9. The van der Waals surface area contributed by atoms with Crippen molar-refractivity contribution in [1.82, 2.24) is 4.98 Å². The number of nitrogens with zero attached hydrogens (tertiary/aromatic N) is 2. The van der Waals surface area contributed by atoms with E-state index >= 15 is 0 Å². The number of ether oxygens (including phenoxy) is 3. The zero-order valence-electron chi connectivity index (χ0n) is 23.7. The van der Waals surface area contributed by atoms with Crippen LogP contribution in [0.15, 0.2) is 91.0 Å². The number of Topliss-reactive ketones (excluding diaryl/α,β-unsaturated/α-hetero) is 1. The highest BCUT2D eigenvalue weighted by molar-refractivity contribution is 7.17. The lowest BCUT2D eigenvalue weighted by atomic mass is 9.94. The van der Waals surface area contributed by atoms with Gasteiger partial charge >= 0.3 is 11.9 Å². The first-order chi connectivity index (χ1) is 20.7. The van der Waals surface area contributed by atoms with E-state index in [-0.39, 0.29) is 27.9 Å². The molecule has 0 aliphatic carbocycles. The van der Waals surface area contributed by atoms with Crippen LogP contribution < -0.4 is 14.4 Å². The lowest BCUT2D eigenvalue weighted by Gasteiger charge is -2.23. The fraction of sp³-hybridized carbons (Fsp3) is 0.152. The number of anilines is 1. The minimum Gasteiger partial charge on any atom is -0.507 e. The molecular weight excluding hydrogens is 568 g/mol. The number of aromatic nitrogens is 1. The Morgan fingerprint density at radius 1 is 1.05 bits per heavy atom. The fourth-order valence-electron chi connectivity index (χ4n) is 4.77. The molecule has 0 bridgehead atoms. The Labute approximate surface area is 252 Å². The highest BCUT2D eigenvalue weighted by Gasteiger charge is 2.48. The fourth-order valence-corrected chi connectivity index (χ4v) is 5.76. The van der Waals surface area contributed by atoms with E-state index in [4.69, 9.17) is 14.2 Å². The average Bonchev–Trinajstić information content (AvgIpc) is 3.52. The lowest BCUT2D eigenvalue weighted by Crippen LogP contribution is -2.29. The number of hydrogen-bond acceptors (Lipinski definition) is 9. The zero-order valence-corrected chi connectivity index (χ0v) is 24.5. The summed E-state index contributed by atoms with van der Waals surface area (Å²) in [4.78, 5) is 45.8. The first-order valence-electron chi connectivity index (χ1n) is 13.3. The number of thiazole rings is 1. The molecule has 1 saturated heterocycles. The number of benzene rings is 3. The largest absolute Gasteiger partial charge is 0.507 e. The van der Waals surface area contributed by atoms with E-state index < -0.39 is 23.7 Å². The van der Waals surface area contributed by atoms with Crippen LogP contribution in [-0.2, 0) is 14.3 Å². The van der Waals surface area contributed by atoms with Crippen LogP contribution in [0.4, 0.5) is 5.13 Å². The van der Waals surface area contributed by atoms with Crippen LogP contribution in [0.3, 0.4) is 0 Å². The second kappa shape index (κ2) is 12.3. The molecule has 1 aliphatic rings. The minimum absolute atomic E-state index is 0.00546. The number of aliphatic hydroxyl groups is 1. The summed E-state index contributed by atoms with van der Waals surface area (Å²) >= 11 is 0.924. The van der Waals surface area contributed by atoms with E-state index in [1.54, 1.807) is 68.4 Å². The molecule has 2 heterocycles. The van der Waals surface area contributed by atoms with Gasteiger partial charge in [-0.05, 0) is 67.4 Å². The third kappa shape index (κ3) is 5.77. The normalized spacial score (nSPS) is 15.8. The number of hydrogen-bond donors (Lipinski definition) is 1. The van der Waals surface area contributed by atoms with Gasteiger partial charge in [-0.1, -0.05) is 54.3 Å². The molecule has 0 unspecified atom stereocenters. The smallest absolute Gasteiger partial charge is 0.350 e. The Morgan fingerprint density at radius 3 is 2.49 bits per heavy atom. The Kier molecular flexibility index (Phi) is 8.40. The van der Waals surface area contributed by atoms with Crippen molar-refractivity contribution >= 4 is 39.9 Å². The molecule has 1 atom stereocenters. The molecule has 5 rings (SSSR count). The first-order valence-corrected chi connectivity index (χ1v) is 14.1. The molecule has 1 amide bonds. The molecule has 1 aliphatic heterocycles. The number of ketones is 1. The van der Waals surface area contributed by atoms with Gasteiger partial charge in [-0.2, -0.15) is 0 Å². The Morgan fingerprint density at radius 2 is 1.79 bits per heavy atom. The van der Waals surface area contributed by atoms with Gasteiger partial charge in [-0.25, -0.2) is 9.78 Å². The van der Waals surface area contributed by atoms with Crippen LogP contribution in [0.2, 0.25) is 0 Å². The van der Waals surface area contributed by atoms with Gasteiger partial charge in [0.2, 0.25) is 0 Å². The second-order valence-corrected chi connectivity index (χ2v) is 10.6. The maximum absolute atomic E-state index is 13.7. The van der Waals surface area contributed by atoms with Crippen LogP contribution in [0, 0.1) is 13.8 Å². The standard InChI is InChI=1S/C33H28N2O7S/c1-5-16-41-32(39)30-20(3)34-33(43-30)35-27(21-10-9-13-24(18-21)42-23-11-7-6-8-12-23)26(29(37)31(35)38)28(36)22-14-15-25(40-4)19(2)17-22/h5-15,17-18,27,36H,1,16H2,2-4H3/t27-/m1/s1. The lowest BCUT2D eigenvalue weighted by molar-refractivity contribution is -0.132. The van der Waals surface area contributed by atoms with Crippen molar-refractivity contribution in [3.63, 3.8) is 0 Å². The predicted molar refractivity (Wildman–Crippen MR) is 163 cm³/mol. The Hall–Kier alpha value is -5.22. The van der Waals surface area contributed by atoms with E-state index in [1.165, 1.54) is 18.1 Å². The Bertz CT molecular complexity index is 1760. The maximum Gasteiger partial charge on any atom is 0.350 e. The van der Waals surface area contributed by atoms with Crippen molar-refractivity contribution in [2.75, 3.05) is 18.6 Å². The van der Waals surface area contributed by atoms with Gasteiger partial charge < -0.3 is 19.3 Å². The average molecular weight is 597 g/mol. The van der Waals surface area contributed by atoms with Gasteiger partial charge in [-0.3, -0.25) is 14.5 Å². The molecule has 0 saturated carbocycles. The molecule has 4 aromatic rings. The molecule has 43 heavy (non-hydrogen) atoms. The molecule has 1 N–H and O–H groups in total. The van der Waals surface area contributed by atoms with Crippen LogP contribution >= 0.6 is 11.3 Å². The predicted octanol–water partition coefficient (Wildman–Crippen LogP) is 6.53. The number of amides is 1. The van der Waals surface area contributed by atoms with Crippen molar-refractivity contribution in [3.05, 3.63) is 118 Å². The molecule has 9 nitrogen and oxygen atoms in total. The van der Waals surface area contributed by atoms with Crippen molar-refractivity contribution in [2.24, 2.45) is 0 Å². The number of methoxy groups -OCH3 is 1. The van der Waals surface area contributed by atoms with Crippen LogP contribution in [0.5, 0.6) is 17.2 Å². The van der Waals surface area contributed by atoms with E-state index in [2.05, 4.69) is 11.6 Å². The van der Waals surface area contributed by atoms with Gasteiger partial charge in [0.25, 0.3) is 5.78 Å². The summed E-state index contributed by atoms with van der Waals surface area (Å²) in [5.74, 6) is -1.11. The van der Waals surface area contributed by atoms with Gasteiger partial charge in [0.15, 0.2) is 5.13 Å². The SMILES string of the molecule is C=CCOC(=O)c1sc(N2C(=O)C(=O)C(=C(O)c3ccc(OC)c(C)c3)[C@H]2c2cccc(Oc3ccccc3)c2)nc1C. The first kappa shape index (κ1) is 29.3. The number of esters is 1. The summed E-state index contributed by atoms with van der Waals surface area (Å²) in [6.07, 6.45) is 1.44. The number of carbonyl (C=O) groups is 3. The molecule has 0 radical (unpaired) electrons. The second-order valence-electron chi connectivity index (χ2n) is 9.64. The van der Waals surface area contributed by atoms with Gasteiger partial charge in [0, 0.05) is 5.56 Å². The monoisotopic (exact) mass is 596 g/mol. The topological polar surface area (TPSA) is 115 Å². The summed E-state index contributed by atoms with van der Waals surface area (Å²) in [5.41, 5.74) is 1.76. The highest BCUT2D eigenvalue weighted by Crippen LogP contribution is 2.45. The van der Waals surface area contributed by atoms with Crippen molar-refractivity contribution in [1.29, 1.82) is 0 Å². The summed E-state index contributed by atoms with van der Waals surface area (Å²) < 4.78 is 16.5. The molecule has 218 valence electrons. The summed E-state index contributed by atoms with van der Waals surface area (Å²) in [6.45, 7) is 6.98.